The molecule has 0 saturated carbocycles. The molecule has 1 unspecified atom stereocenters. The Kier molecular flexibility index (Phi) is 6.18. The minimum atomic E-state index is -0.491. The second-order valence-electron chi connectivity index (χ2n) is 7.42. The predicted octanol–water partition coefficient (Wildman–Crippen LogP) is 3.97. The quantitative estimate of drug-likeness (QED) is 0.309. The van der Waals surface area contributed by atoms with E-state index in [1.807, 2.05) is 31.2 Å². The number of non-ortho nitro benzene ring substituents is 1. The Balaban J connectivity index is 1.79. The SMILES string of the molecule is CCOc1ccc(-c2n[nH]c3c2C(c2cccc([N+](=O)[O-])c2)N(CCCOC)C3=O)cc1. The monoisotopic (exact) mass is 436 g/mol. The number of aromatic amines is 1. The lowest BCUT2D eigenvalue weighted by atomic mass is 9.95. The van der Waals surface area contributed by atoms with Gasteiger partial charge in [0.25, 0.3) is 11.6 Å². The first-order valence-corrected chi connectivity index (χ1v) is 10.4. The van der Waals surface area contributed by atoms with Crippen molar-refractivity contribution in [3.63, 3.8) is 0 Å². The second-order valence-corrected chi connectivity index (χ2v) is 7.42. The van der Waals surface area contributed by atoms with Gasteiger partial charge in [0.15, 0.2) is 0 Å². The molecule has 9 heteroatoms. The Morgan fingerprint density at radius 1 is 1.22 bits per heavy atom. The summed E-state index contributed by atoms with van der Waals surface area (Å²) in [7, 11) is 1.61. The molecule has 1 aliphatic heterocycles. The number of rotatable bonds is 9. The molecular weight excluding hydrogens is 412 g/mol. The molecule has 0 bridgehead atoms. The summed E-state index contributed by atoms with van der Waals surface area (Å²) in [5.74, 6) is 0.563. The number of nitrogens with zero attached hydrogens (tertiary/aromatic N) is 3. The number of nitrogens with one attached hydrogen (secondary N) is 1. The lowest BCUT2D eigenvalue weighted by Gasteiger charge is -2.26. The predicted molar refractivity (Wildman–Crippen MR) is 118 cm³/mol. The van der Waals surface area contributed by atoms with Crippen LogP contribution in [0.25, 0.3) is 11.3 Å². The van der Waals surface area contributed by atoms with Crippen LogP contribution in [-0.2, 0) is 4.74 Å². The third kappa shape index (κ3) is 3.94. The lowest BCUT2D eigenvalue weighted by Crippen LogP contribution is -2.31. The maximum atomic E-state index is 13.2. The number of aromatic nitrogens is 2. The summed E-state index contributed by atoms with van der Waals surface area (Å²) in [6.07, 6.45) is 0.643. The van der Waals surface area contributed by atoms with Crippen molar-refractivity contribution in [3.8, 4) is 17.0 Å². The van der Waals surface area contributed by atoms with Gasteiger partial charge >= 0.3 is 0 Å². The molecule has 1 N–H and O–H groups in total. The normalized spacial score (nSPS) is 15.1. The van der Waals surface area contributed by atoms with E-state index in [0.717, 1.165) is 16.9 Å². The van der Waals surface area contributed by atoms with Crippen molar-refractivity contribution in [1.82, 2.24) is 15.1 Å². The van der Waals surface area contributed by atoms with E-state index in [0.29, 0.717) is 43.1 Å². The molecule has 2 aromatic carbocycles. The van der Waals surface area contributed by atoms with Crippen molar-refractivity contribution >= 4 is 11.6 Å². The van der Waals surface area contributed by atoms with Crippen LogP contribution >= 0.6 is 0 Å². The highest BCUT2D eigenvalue weighted by Crippen LogP contribution is 2.43. The average Bonchev–Trinajstić information content (AvgIpc) is 3.34. The number of carbonyl (C=O) groups excluding carboxylic acids is 1. The number of hydrogen-bond donors (Lipinski definition) is 1. The van der Waals surface area contributed by atoms with Crippen LogP contribution in [0.1, 0.15) is 41.0 Å². The first kappa shape index (κ1) is 21.5. The largest absolute Gasteiger partial charge is 0.494 e. The Hall–Kier alpha value is -3.72. The molecule has 0 radical (unpaired) electrons. The standard InChI is InChI=1S/C23H24N4O5/c1-3-32-18-10-8-15(9-11-18)20-19-21(25-24-20)23(28)26(12-5-13-31-2)22(19)16-6-4-7-17(14-16)27(29)30/h4,6-11,14,22H,3,5,12-13H2,1-2H3,(H,24,25). The highest BCUT2D eigenvalue weighted by atomic mass is 16.6. The van der Waals surface area contributed by atoms with E-state index >= 15 is 0 Å². The number of nitro groups is 1. The van der Waals surface area contributed by atoms with Gasteiger partial charge in [-0.3, -0.25) is 20.0 Å². The summed E-state index contributed by atoms with van der Waals surface area (Å²) < 4.78 is 10.7. The van der Waals surface area contributed by atoms with Gasteiger partial charge in [-0.05, 0) is 43.2 Å². The van der Waals surface area contributed by atoms with E-state index in [4.69, 9.17) is 9.47 Å². The molecule has 3 aromatic rings. The number of benzene rings is 2. The van der Waals surface area contributed by atoms with Crippen LogP contribution in [0.5, 0.6) is 5.75 Å². The molecule has 0 aliphatic carbocycles. The van der Waals surface area contributed by atoms with Crippen molar-refractivity contribution in [2.24, 2.45) is 0 Å². The van der Waals surface area contributed by atoms with E-state index in [9.17, 15) is 14.9 Å². The second kappa shape index (κ2) is 9.19. The average molecular weight is 436 g/mol. The first-order chi connectivity index (χ1) is 15.5. The summed E-state index contributed by atoms with van der Waals surface area (Å²) in [5, 5.41) is 18.7. The van der Waals surface area contributed by atoms with Gasteiger partial charge in [0.1, 0.15) is 11.4 Å². The molecule has 1 aromatic heterocycles. The number of fused-ring (bicyclic) bond motifs is 1. The van der Waals surface area contributed by atoms with Crippen LogP contribution in [0.4, 0.5) is 5.69 Å². The fourth-order valence-corrected chi connectivity index (χ4v) is 4.06. The Morgan fingerprint density at radius 3 is 2.69 bits per heavy atom. The van der Waals surface area contributed by atoms with E-state index in [1.54, 1.807) is 24.1 Å². The van der Waals surface area contributed by atoms with Crippen LogP contribution in [0, 0.1) is 10.1 Å². The van der Waals surface area contributed by atoms with Gasteiger partial charge in [0.2, 0.25) is 0 Å². The summed E-state index contributed by atoms with van der Waals surface area (Å²) >= 11 is 0. The van der Waals surface area contributed by atoms with Crippen LogP contribution < -0.4 is 4.74 Å². The molecular formula is C23H24N4O5. The first-order valence-electron chi connectivity index (χ1n) is 10.4. The number of carbonyl (C=O) groups is 1. The van der Waals surface area contributed by atoms with Crippen LogP contribution in [0.15, 0.2) is 48.5 Å². The van der Waals surface area contributed by atoms with Crippen molar-refractivity contribution in [2.45, 2.75) is 19.4 Å². The number of H-pyrrole nitrogens is 1. The molecule has 2 heterocycles. The van der Waals surface area contributed by atoms with Crippen LogP contribution in [-0.4, -0.2) is 52.8 Å². The molecule has 1 atom stereocenters. The minimum absolute atomic E-state index is 0.0219. The summed E-state index contributed by atoms with van der Waals surface area (Å²) in [5.41, 5.74) is 3.23. The number of ether oxygens (including phenoxy) is 2. The molecule has 166 valence electrons. The smallest absolute Gasteiger partial charge is 0.273 e. The van der Waals surface area contributed by atoms with Gasteiger partial charge in [0.05, 0.1) is 23.3 Å². The Bertz CT molecular complexity index is 1130. The van der Waals surface area contributed by atoms with Gasteiger partial charge in [0, 0.05) is 43.5 Å². The van der Waals surface area contributed by atoms with E-state index in [1.165, 1.54) is 12.1 Å². The van der Waals surface area contributed by atoms with Gasteiger partial charge < -0.3 is 14.4 Å². The third-order valence-electron chi connectivity index (χ3n) is 5.45. The molecule has 32 heavy (non-hydrogen) atoms. The third-order valence-corrected chi connectivity index (χ3v) is 5.45. The summed E-state index contributed by atoms with van der Waals surface area (Å²) in [6, 6.07) is 13.4. The maximum absolute atomic E-state index is 13.2. The molecule has 0 spiro atoms. The van der Waals surface area contributed by atoms with Gasteiger partial charge in [-0.25, -0.2) is 0 Å². The fraction of sp³-hybridized carbons (Fsp3) is 0.304. The molecule has 0 saturated heterocycles. The number of hydrogen-bond acceptors (Lipinski definition) is 6. The number of amides is 1. The van der Waals surface area contributed by atoms with E-state index < -0.39 is 11.0 Å². The van der Waals surface area contributed by atoms with Gasteiger partial charge in [-0.1, -0.05) is 12.1 Å². The fourth-order valence-electron chi connectivity index (χ4n) is 4.06. The molecule has 1 amide bonds. The van der Waals surface area contributed by atoms with Crippen molar-refractivity contribution in [1.29, 1.82) is 0 Å². The topological polar surface area (TPSA) is 111 Å². The lowest BCUT2D eigenvalue weighted by molar-refractivity contribution is -0.384. The summed E-state index contributed by atoms with van der Waals surface area (Å²) in [6.45, 7) is 3.44. The zero-order valence-corrected chi connectivity index (χ0v) is 17.9. The van der Waals surface area contributed by atoms with Crippen molar-refractivity contribution < 1.29 is 19.2 Å². The molecule has 4 rings (SSSR count). The van der Waals surface area contributed by atoms with E-state index in [-0.39, 0.29) is 11.6 Å². The van der Waals surface area contributed by atoms with Crippen LogP contribution in [0.2, 0.25) is 0 Å². The van der Waals surface area contributed by atoms with Crippen LogP contribution in [0.3, 0.4) is 0 Å². The summed E-state index contributed by atoms with van der Waals surface area (Å²) in [4.78, 5) is 25.9. The Morgan fingerprint density at radius 2 is 2.00 bits per heavy atom. The molecule has 9 nitrogen and oxygen atoms in total. The highest BCUT2D eigenvalue weighted by Gasteiger charge is 2.42. The minimum Gasteiger partial charge on any atom is -0.494 e. The maximum Gasteiger partial charge on any atom is 0.273 e. The van der Waals surface area contributed by atoms with E-state index in [2.05, 4.69) is 10.2 Å². The molecule has 1 aliphatic rings. The number of nitro benzene ring substituents is 1. The highest BCUT2D eigenvalue weighted by molar-refractivity contribution is 6.00. The zero-order chi connectivity index (χ0) is 22.7. The number of methoxy groups -OCH3 is 1. The van der Waals surface area contributed by atoms with Gasteiger partial charge in [-0.15, -0.1) is 0 Å². The zero-order valence-electron chi connectivity index (χ0n) is 17.9. The van der Waals surface area contributed by atoms with Gasteiger partial charge in [-0.2, -0.15) is 5.10 Å². The Labute approximate surface area is 185 Å². The van der Waals surface area contributed by atoms with Crippen molar-refractivity contribution in [3.05, 3.63) is 75.5 Å². The van der Waals surface area contributed by atoms with Crippen molar-refractivity contribution in [2.75, 3.05) is 26.9 Å². The molecule has 0 fully saturated rings.